The van der Waals surface area contributed by atoms with Crippen molar-refractivity contribution in [2.24, 2.45) is 0 Å². The summed E-state index contributed by atoms with van der Waals surface area (Å²) in [4.78, 5) is 27.9. The molecule has 0 fully saturated rings. The summed E-state index contributed by atoms with van der Waals surface area (Å²) in [7, 11) is 0. The topological polar surface area (TPSA) is 124 Å². The van der Waals surface area contributed by atoms with Crippen molar-refractivity contribution < 1.29 is 14.7 Å². The van der Waals surface area contributed by atoms with Crippen LogP contribution in [0.3, 0.4) is 0 Å². The van der Waals surface area contributed by atoms with Gasteiger partial charge in [-0.05, 0) is 39.8 Å². The number of unbranched alkanes of at least 4 members (excludes halogenated alkanes) is 3. The van der Waals surface area contributed by atoms with Crippen LogP contribution in [0.15, 0.2) is 66.0 Å². The highest BCUT2D eigenvalue weighted by Crippen LogP contribution is 2.29. The number of aromatic nitrogens is 4. The molecule has 1 unspecified atom stereocenters. The third kappa shape index (κ3) is 8.05. The largest absolute Gasteiger partial charge is 0.480 e. The number of thiophene rings is 1. The number of benzene rings is 2. The second kappa shape index (κ2) is 14.3. The number of aliphatic carboxylic acids is 1. The predicted molar refractivity (Wildman–Crippen MR) is 152 cm³/mol. The minimum Gasteiger partial charge on any atom is -0.480 e. The molecule has 9 nitrogen and oxygen atoms in total. The van der Waals surface area contributed by atoms with E-state index in [0.29, 0.717) is 25.3 Å². The van der Waals surface area contributed by atoms with Crippen molar-refractivity contribution in [1.29, 1.82) is 0 Å². The van der Waals surface area contributed by atoms with Crippen molar-refractivity contribution in [2.45, 2.75) is 51.6 Å². The first-order valence-electron chi connectivity index (χ1n) is 13.2. The number of amides is 1. The Morgan fingerprint density at radius 3 is 2.49 bits per heavy atom. The van der Waals surface area contributed by atoms with Crippen LogP contribution >= 0.6 is 11.3 Å². The van der Waals surface area contributed by atoms with Gasteiger partial charge in [0.05, 0.1) is 6.54 Å². The van der Waals surface area contributed by atoms with E-state index < -0.39 is 12.0 Å². The molecule has 0 aliphatic carbocycles. The highest BCUT2D eigenvalue weighted by Gasteiger charge is 2.21. The molecule has 2 aromatic carbocycles. The standard InChI is InChI=1S/C29H34N6O3S/c1-2-3-4-7-16-35(27(36)19-30-26(29(37)38)18-23-9-8-17-39-23)20-21-12-14-22(15-13-21)24-10-5-6-11-25(24)28-31-33-34-32-28/h5-6,8-15,17,26,30H,2-4,7,16,18-20H2,1H3,(H,37,38)(H,31,32,33,34). The lowest BCUT2D eigenvalue weighted by Crippen LogP contribution is -2.45. The maximum Gasteiger partial charge on any atom is 0.321 e. The number of nitrogens with zero attached hydrogens (tertiary/aromatic N) is 4. The summed E-state index contributed by atoms with van der Waals surface area (Å²) in [5, 5.41) is 29.0. The Bertz CT molecular complexity index is 1310. The third-order valence-electron chi connectivity index (χ3n) is 6.57. The normalized spacial score (nSPS) is 11.8. The monoisotopic (exact) mass is 546 g/mol. The number of carbonyl (C=O) groups is 2. The molecular formula is C29H34N6O3S. The van der Waals surface area contributed by atoms with Gasteiger partial charge in [-0.2, -0.15) is 5.21 Å². The summed E-state index contributed by atoms with van der Waals surface area (Å²) in [5.41, 5.74) is 3.90. The van der Waals surface area contributed by atoms with E-state index in [1.807, 2.05) is 70.9 Å². The molecule has 0 saturated carbocycles. The van der Waals surface area contributed by atoms with Crippen LogP contribution in [0.4, 0.5) is 0 Å². The molecule has 0 aliphatic rings. The SMILES string of the molecule is CCCCCCN(Cc1ccc(-c2ccccc2-c2nn[nH]n2)cc1)C(=O)CNC(Cc1cccs1)C(=O)O. The number of H-pyrrole nitrogens is 1. The van der Waals surface area contributed by atoms with E-state index in [1.165, 1.54) is 11.3 Å². The lowest BCUT2D eigenvalue weighted by Gasteiger charge is -2.24. The minimum absolute atomic E-state index is 0.0215. The molecule has 2 aromatic heterocycles. The zero-order valence-electron chi connectivity index (χ0n) is 22.0. The van der Waals surface area contributed by atoms with E-state index in [2.05, 4.69) is 32.9 Å². The summed E-state index contributed by atoms with van der Waals surface area (Å²) in [6.07, 6.45) is 4.55. The molecule has 39 heavy (non-hydrogen) atoms. The maximum absolute atomic E-state index is 13.3. The molecule has 0 aliphatic heterocycles. The summed E-state index contributed by atoms with van der Waals surface area (Å²) < 4.78 is 0. The van der Waals surface area contributed by atoms with Crippen molar-refractivity contribution in [1.82, 2.24) is 30.8 Å². The third-order valence-corrected chi connectivity index (χ3v) is 7.47. The lowest BCUT2D eigenvalue weighted by atomic mass is 9.98. The molecule has 4 rings (SSSR count). The van der Waals surface area contributed by atoms with E-state index >= 15 is 0 Å². The van der Waals surface area contributed by atoms with Gasteiger partial charge in [-0.25, -0.2) is 0 Å². The number of carboxylic acid groups (broad SMARTS) is 1. The van der Waals surface area contributed by atoms with Crippen molar-refractivity contribution >= 4 is 23.2 Å². The zero-order valence-corrected chi connectivity index (χ0v) is 22.9. The van der Waals surface area contributed by atoms with Gasteiger partial charge in [0.2, 0.25) is 11.7 Å². The van der Waals surface area contributed by atoms with Crippen LogP contribution in [-0.2, 0) is 22.6 Å². The summed E-state index contributed by atoms with van der Waals surface area (Å²) in [5.74, 6) is -0.525. The van der Waals surface area contributed by atoms with E-state index in [4.69, 9.17) is 0 Å². The first-order chi connectivity index (χ1) is 19.0. The maximum atomic E-state index is 13.3. The molecule has 4 aromatic rings. The number of nitrogens with one attached hydrogen (secondary N) is 2. The Kier molecular flexibility index (Phi) is 10.3. The highest BCUT2D eigenvalue weighted by atomic mass is 32.1. The molecule has 3 N–H and O–H groups in total. The van der Waals surface area contributed by atoms with Crippen LogP contribution in [-0.4, -0.2) is 61.6 Å². The number of tetrazole rings is 1. The average Bonchev–Trinajstić information content (AvgIpc) is 3.68. The van der Waals surface area contributed by atoms with Crippen LogP contribution in [0.1, 0.15) is 43.0 Å². The van der Waals surface area contributed by atoms with Crippen LogP contribution in [0.5, 0.6) is 0 Å². The summed E-state index contributed by atoms with van der Waals surface area (Å²) in [6.45, 7) is 3.23. The number of aromatic amines is 1. The number of hydrogen-bond acceptors (Lipinski definition) is 7. The molecule has 10 heteroatoms. The lowest BCUT2D eigenvalue weighted by molar-refractivity contribution is -0.139. The quantitative estimate of drug-likeness (QED) is 0.183. The zero-order chi connectivity index (χ0) is 27.5. The molecule has 1 amide bonds. The van der Waals surface area contributed by atoms with Crippen LogP contribution in [0.2, 0.25) is 0 Å². The van der Waals surface area contributed by atoms with Crippen LogP contribution < -0.4 is 5.32 Å². The molecule has 204 valence electrons. The van der Waals surface area contributed by atoms with Crippen LogP contribution in [0.25, 0.3) is 22.5 Å². The Balaban J connectivity index is 1.44. The van der Waals surface area contributed by atoms with E-state index in [9.17, 15) is 14.7 Å². The Hall–Kier alpha value is -3.89. The Morgan fingerprint density at radius 2 is 1.82 bits per heavy atom. The van der Waals surface area contributed by atoms with Crippen molar-refractivity contribution in [3.63, 3.8) is 0 Å². The van der Waals surface area contributed by atoms with Gasteiger partial charge in [0.1, 0.15) is 6.04 Å². The Labute approximate surface area is 232 Å². The number of carbonyl (C=O) groups excluding carboxylic acids is 1. The Morgan fingerprint density at radius 1 is 1.03 bits per heavy atom. The molecule has 2 heterocycles. The molecular weight excluding hydrogens is 512 g/mol. The van der Waals surface area contributed by atoms with Crippen LogP contribution in [0, 0.1) is 0 Å². The smallest absolute Gasteiger partial charge is 0.321 e. The number of hydrogen-bond donors (Lipinski definition) is 3. The fraction of sp³-hybridized carbons (Fsp3) is 0.345. The second-order valence-electron chi connectivity index (χ2n) is 9.41. The molecule has 0 bridgehead atoms. The van der Waals surface area contributed by atoms with Gasteiger partial charge in [0.15, 0.2) is 0 Å². The predicted octanol–water partition coefficient (Wildman–Crippen LogP) is 4.79. The fourth-order valence-corrected chi connectivity index (χ4v) is 5.19. The van der Waals surface area contributed by atoms with Gasteiger partial charge >= 0.3 is 5.97 Å². The van der Waals surface area contributed by atoms with Crippen molar-refractivity contribution in [3.8, 4) is 22.5 Å². The summed E-state index contributed by atoms with van der Waals surface area (Å²) >= 11 is 1.52. The first-order valence-corrected chi connectivity index (χ1v) is 14.1. The van der Waals surface area contributed by atoms with Gasteiger partial charge in [0.25, 0.3) is 0 Å². The van der Waals surface area contributed by atoms with E-state index in [0.717, 1.165) is 52.8 Å². The minimum atomic E-state index is -0.956. The summed E-state index contributed by atoms with van der Waals surface area (Å²) in [6, 6.07) is 19.0. The van der Waals surface area contributed by atoms with E-state index in [1.54, 1.807) is 0 Å². The van der Waals surface area contributed by atoms with Gasteiger partial charge in [-0.3, -0.25) is 14.9 Å². The molecule has 0 spiro atoms. The molecule has 0 saturated heterocycles. The van der Waals surface area contributed by atoms with Gasteiger partial charge in [-0.1, -0.05) is 80.8 Å². The van der Waals surface area contributed by atoms with Crippen molar-refractivity contribution in [3.05, 3.63) is 76.5 Å². The van der Waals surface area contributed by atoms with E-state index in [-0.39, 0.29) is 12.5 Å². The van der Waals surface area contributed by atoms with Gasteiger partial charge in [0, 0.05) is 30.0 Å². The van der Waals surface area contributed by atoms with Crippen molar-refractivity contribution in [2.75, 3.05) is 13.1 Å². The fourth-order valence-electron chi connectivity index (χ4n) is 4.44. The average molecular weight is 547 g/mol. The number of carboxylic acids is 1. The van der Waals surface area contributed by atoms with Gasteiger partial charge < -0.3 is 10.0 Å². The first kappa shape index (κ1) is 28.1. The second-order valence-corrected chi connectivity index (χ2v) is 10.4. The number of rotatable bonds is 15. The molecule has 1 atom stereocenters. The highest BCUT2D eigenvalue weighted by molar-refractivity contribution is 7.09. The van der Waals surface area contributed by atoms with Gasteiger partial charge in [-0.15, -0.1) is 21.5 Å². The molecule has 0 radical (unpaired) electrons.